The molecule has 31 heavy (non-hydrogen) atoms. The summed E-state index contributed by atoms with van der Waals surface area (Å²) in [5.74, 6) is 0.585. The fourth-order valence-corrected chi connectivity index (χ4v) is 3.64. The first-order valence-corrected chi connectivity index (χ1v) is 10.7. The van der Waals surface area contributed by atoms with Crippen molar-refractivity contribution in [2.75, 3.05) is 11.9 Å². The van der Waals surface area contributed by atoms with Crippen molar-refractivity contribution in [3.05, 3.63) is 48.0 Å². The molecule has 162 valence electrons. The molecular weight excluding hydrogens is 390 g/mol. The van der Waals surface area contributed by atoms with E-state index in [9.17, 15) is 0 Å². The van der Waals surface area contributed by atoms with Crippen molar-refractivity contribution in [3.8, 4) is 17.1 Å². The molecule has 0 saturated carbocycles. The smallest absolute Gasteiger partial charge is 0.222 e. The zero-order valence-corrected chi connectivity index (χ0v) is 18.8. The van der Waals surface area contributed by atoms with Gasteiger partial charge in [0.2, 0.25) is 5.88 Å². The molecule has 0 aromatic carbocycles. The van der Waals surface area contributed by atoms with Crippen LogP contribution in [-0.2, 0) is 13.6 Å². The quantitative estimate of drug-likeness (QED) is 0.452. The minimum absolute atomic E-state index is 0.264. The first kappa shape index (κ1) is 20.8. The zero-order chi connectivity index (χ0) is 22.0. The second-order valence-electron chi connectivity index (χ2n) is 7.70. The maximum Gasteiger partial charge on any atom is 0.222 e. The van der Waals surface area contributed by atoms with Crippen molar-refractivity contribution in [1.29, 1.82) is 0 Å². The lowest BCUT2D eigenvalue weighted by molar-refractivity contribution is 0.328. The van der Waals surface area contributed by atoms with Gasteiger partial charge in [0.05, 0.1) is 35.4 Å². The number of rotatable bonds is 8. The predicted molar refractivity (Wildman–Crippen MR) is 122 cm³/mol. The summed E-state index contributed by atoms with van der Waals surface area (Å²) in [5, 5.41) is 12.7. The van der Waals surface area contributed by atoms with E-state index in [4.69, 9.17) is 14.8 Å². The van der Waals surface area contributed by atoms with E-state index >= 15 is 0 Å². The number of hydrogen-bond donors (Lipinski definition) is 1. The molecule has 0 spiro atoms. The highest BCUT2D eigenvalue weighted by molar-refractivity contribution is 5.93. The van der Waals surface area contributed by atoms with Gasteiger partial charge in [-0.2, -0.15) is 10.2 Å². The van der Waals surface area contributed by atoms with Crippen molar-refractivity contribution in [2.24, 2.45) is 7.05 Å². The number of anilines is 1. The van der Waals surface area contributed by atoms with Crippen molar-refractivity contribution in [2.45, 2.75) is 46.7 Å². The number of aromatic nitrogens is 6. The molecule has 1 N–H and O–H groups in total. The van der Waals surface area contributed by atoms with Gasteiger partial charge in [-0.25, -0.2) is 9.97 Å². The highest BCUT2D eigenvalue weighted by Crippen LogP contribution is 2.35. The standard InChI is InChI=1S/C23H29N7O/c1-6-15(3)30-22-20(25-12-17-13-26-29(5)14-17)11-19(27-21(22)16(4)28-30)18-9-8-10-24-23(18)31-7-2/h8-11,13-15H,6-7,12H2,1-5H3,(H,25,27). The van der Waals surface area contributed by atoms with E-state index in [2.05, 4.69) is 40.0 Å². The SMILES string of the molecule is CCOc1ncccc1-c1cc(NCc2cnn(C)c2)c2c(n1)c(C)nn2C(C)CC. The first-order chi connectivity index (χ1) is 15.0. The fraction of sp³-hybridized carbons (Fsp3) is 0.391. The van der Waals surface area contributed by atoms with Gasteiger partial charge in [0.25, 0.3) is 0 Å². The summed E-state index contributed by atoms with van der Waals surface area (Å²) in [7, 11) is 1.92. The van der Waals surface area contributed by atoms with Gasteiger partial charge >= 0.3 is 0 Å². The summed E-state index contributed by atoms with van der Waals surface area (Å²) in [6.07, 6.45) is 6.60. The number of ether oxygens (including phenoxy) is 1. The van der Waals surface area contributed by atoms with Gasteiger partial charge in [0.1, 0.15) is 11.0 Å². The molecule has 8 heteroatoms. The summed E-state index contributed by atoms with van der Waals surface area (Å²) in [6, 6.07) is 6.23. The van der Waals surface area contributed by atoms with E-state index in [0.717, 1.165) is 45.7 Å². The fourth-order valence-electron chi connectivity index (χ4n) is 3.64. The van der Waals surface area contributed by atoms with Crippen molar-refractivity contribution >= 4 is 16.7 Å². The lowest BCUT2D eigenvalue weighted by atomic mass is 10.1. The number of hydrogen-bond acceptors (Lipinski definition) is 6. The molecule has 0 fully saturated rings. The highest BCUT2D eigenvalue weighted by atomic mass is 16.5. The Balaban J connectivity index is 1.87. The lowest BCUT2D eigenvalue weighted by Gasteiger charge is -2.16. The molecule has 4 aromatic rings. The van der Waals surface area contributed by atoms with Gasteiger partial charge in [0, 0.05) is 37.6 Å². The second-order valence-corrected chi connectivity index (χ2v) is 7.70. The second kappa shape index (κ2) is 8.75. The molecule has 0 aliphatic carbocycles. The molecule has 0 aliphatic heterocycles. The molecule has 8 nitrogen and oxygen atoms in total. The Morgan fingerprint density at radius 2 is 2.10 bits per heavy atom. The Morgan fingerprint density at radius 3 is 2.81 bits per heavy atom. The summed E-state index contributed by atoms with van der Waals surface area (Å²) in [5.41, 5.74) is 6.58. The average Bonchev–Trinajstić information content (AvgIpc) is 3.35. The van der Waals surface area contributed by atoms with Gasteiger partial charge < -0.3 is 10.1 Å². The van der Waals surface area contributed by atoms with E-state index < -0.39 is 0 Å². The van der Waals surface area contributed by atoms with Gasteiger partial charge in [-0.05, 0) is 45.4 Å². The van der Waals surface area contributed by atoms with Crippen LogP contribution < -0.4 is 10.1 Å². The van der Waals surface area contributed by atoms with Crippen LogP contribution in [0.5, 0.6) is 5.88 Å². The van der Waals surface area contributed by atoms with Crippen molar-refractivity contribution in [3.63, 3.8) is 0 Å². The Labute approximate surface area is 182 Å². The normalized spacial score (nSPS) is 12.3. The Bertz CT molecular complexity index is 1190. The molecule has 4 rings (SSSR count). The largest absolute Gasteiger partial charge is 0.477 e. The molecule has 0 saturated heterocycles. The summed E-state index contributed by atoms with van der Waals surface area (Å²) < 4.78 is 9.65. The molecule has 4 aromatic heterocycles. The molecule has 0 bridgehead atoms. The molecule has 1 atom stereocenters. The van der Waals surface area contributed by atoms with Crippen LogP contribution in [0.25, 0.3) is 22.3 Å². The van der Waals surface area contributed by atoms with Crippen molar-refractivity contribution < 1.29 is 4.74 Å². The van der Waals surface area contributed by atoms with Gasteiger partial charge in [-0.15, -0.1) is 0 Å². The molecule has 0 amide bonds. The predicted octanol–water partition coefficient (Wildman–Crippen LogP) is 4.52. The number of nitrogens with zero attached hydrogens (tertiary/aromatic N) is 6. The van der Waals surface area contributed by atoms with Crippen LogP contribution in [0.15, 0.2) is 36.8 Å². The number of nitrogens with one attached hydrogen (secondary N) is 1. The minimum atomic E-state index is 0.264. The van der Waals surface area contributed by atoms with Gasteiger partial charge in [-0.3, -0.25) is 9.36 Å². The zero-order valence-electron chi connectivity index (χ0n) is 18.8. The Kier molecular flexibility index (Phi) is 5.88. The summed E-state index contributed by atoms with van der Waals surface area (Å²) >= 11 is 0. The van der Waals surface area contributed by atoms with Crippen molar-refractivity contribution in [1.82, 2.24) is 29.5 Å². The molecule has 1 unspecified atom stereocenters. The number of fused-ring (bicyclic) bond motifs is 1. The Morgan fingerprint density at radius 1 is 1.26 bits per heavy atom. The van der Waals surface area contributed by atoms with E-state index in [-0.39, 0.29) is 6.04 Å². The minimum Gasteiger partial charge on any atom is -0.477 e. The monoisotopic (exact) mass is 419 g/mol. The topological polar surface area (TPSA) is 82.7 Å². The van der Waals surface area contributed by atoms with Gasteiger partial charge in [0.15, 0.2) is 0 Å². The van der Waals surface area contributed by atoms with Crippen LogP contribution >= 0.6 is 0 Å². The van der Waals surface area contributed by atoms with Gasteiger partial charge in [-0.1, -0.05) is 6.92 Å². The van der Waals surface area contributed by atoms with E-state index in [1.165, 1.54) is 0 Å². The van der Waals surface area contributed by atoms with Crippen LogP contribution in [0, 0.1) is 6.92 Å². The van der Waals surface area contributed by atoms with Crippen LogP contribution in [0.4, 0.5) is 5.69 Å². The average molecular weight is 420 g/mol. The van der Waals surface area contributed by atoms with Crippen LogP contribution in [-0.4, -0.2) is 36.1 Å². The third kappa shape index (κ3) is 4.10. The Hall–Kier alpha value is -3.42. The highest BCUT2D eigenvalue weighted by Gasteiger charge is 2.20. The molecule has 4 heterocycles. The van der Waals surface area contributed by atoms with Crippen LogP contribution in [0.3, 0.4) is 0 Å². The molecular formula is C23H29N7O. The molecule has 0 aliphatic rings. The van der Waals surface area contributed by atoms with E-state index in [1.807, 2.05) is 50.1 Å². The molecule has 0 radical (unpaired) electrons. The van der Waals surface area contributed by atoms with Crippen LogP contribution in [0.1, 0.15) is 44.5 Å². The number of aryl methyl sites for hydroxylation is 2. The van der Waals surface area contributed by atoms with Crippen LogP contribution in [0.2, 0.25) is 0 Å². The third-order valence-corrected chi connectivity index (χ3v) is 5.40. The maximum atomic E-state index is 5.76. The number of pyridine rings is 2. The summed E-state index contributed by atoms with van der Waals surface area (Å²) in [4.78, 5) is 9.39. The van der Waals surface area contributed by atoms with E-state index in [0.29, 0.717) is 19.0 Å². The first-order valence-electron chi connectivity index (χ1n) is 10.7. The third-order valence-electron chi connectivity index (χ3n) is 5.40. The maximum absolute atomic E-state index is 5.76. The lowest BCUT2D eigenvalue weighted by Crippen LogP contribution is -2.09. The van der Waals surface area contributed by atoms with E-state index in [1.54, 1.807) is 6.20 Å². The summed E-state index contributed by atoms with van der Waals surface area (Å²) in [6.45, 7) is 9.51.